The molecule has 0 spiro atoms. The van der Waals surface area contributed by atoms with Crippen molar-refractivity contribution in [2.24, 2.45) is 0 Å². The number of methoxy groups -OCH3 is 1. The maximum absolute atomic E-state index is 13.3. The van der Waals surface area contributed by atoms with Gasteiger partial charge in [0.05, 0.1) is 34.2 Å². The molecular formula is C19H16ClF3N2O3S. The molecule has 0 radical (unpaired) electrons. The van der Waals surface area contributed by atoms with Crippen LogP contribution >= 0.6 is 11.6 Å². The van der Waals surface area contributed by atoms with Gasteiger partial charge in [0.25, 0.3) is 0 Å². The lowest BCUT2D eigenvalue weighted by atomic mass is 10.1. The Labute approximate surface area is 170 Å². The first-order valence-corrected chi connectivity index (χ1v) is 10.4. The second kappa shape index (κ2) is 7.72. The smallest absolute Gasteiger partial charge is 0.435 e. The first-order valence-electron chi connectivity index (χ1n) is 8.41. The molecule has 1 heterocycles. The number of rotatable bonds is 5. The van der Waals surface area contributed by atoms with E-state index in [1.807, 2.05) is 0 Å². The lowest BCUT2D eigenvalue weighted by Gasteiger charge is -2.10. The third kappa shape index (κ3) is 4.25. The zero-order valence-corrected chi connectivity index (χ0v) is 16.9. The third-order valence-corrected chi connectivity index (χ3v) is 6.31. The van der Waals surface area contributed by atoms with Gasteiger partial charge in [-0.1, -0.05) is 30.7 Å². The van der Waals surface area contributed by atoms with Gasteiger partial charge in [0.1, 0.15) is 5.75 Å². The van der Waals surface area contributed by atoms with E-state index in [2.05, 4.69) is 5.10 Å². The summed E-state index contributed by atoms with van der Waals surface area (Å²) in [7, 11) is -2.00. The van der Waals surface area contributed by atoms with Crippen LogP contribution in [0.5, 0.6) is 5.75 Å². The third-order valence-electron chi connectivity index (χ3n) is 4.27. The van der Waals surface area contributed by atoms with E-state index in [0.717, 1.165) is 10.7 Å². The van der Waals surface area contributed by atoms with Gasteiger partial charge in [-0.2, -0.15) is 18.3 Å². The summed E-state index contributed by atoms with van der Waals surface area (Å²) in [5.74, 6) is 0.293. The number of benzene rings is 2. The molecule has 0 saturated heterocycles. The van der Waals surface area contributed by atoms with E-state index < -0.39 is 21.7 Å². The van der Waals surface area contributed by atoms with E-state index in [-0.39, 0.29) is 21.4 Å². The molecule has 5 nitrogen and oxygen atoms in total. The Balaban J connectivity index is 2.16. The maximum atomic E-state index is 13.3. The molecule has 3 rings (SSSR count). The average molecular weight is 445 g/mol. The van der Waals surface area contributed by atoms with Gasteiger partial charge in [-0.15, -0.1) is 0 Å². The molecule has 3 aromatic rings. The van der Waals surface area contributed by atoms with E-state index in [4.69, 9.17) is 16.3 Å². The minimum atomic E-state index is -4.65. The van der Waals surface area contributed by atoms with Gasteiger partial charge < -0.3 is 4.74 Å². The highest BCUT2D eigenvalue weighted by molar-refractivity contribution is 7.91. The molecule has 0 amide bonds. The van der Waals surface area contributed by atoms with Crippen molar-refractivity contribution >= 4 is 21.4 Å². The Morgan fingerprint density at radius 1 is 1.10 bits per heavy atom. The van der Waals surface area contributed by atoms with Gasteiger partial charge in [-0.25, -0.2) is 13.1 Å². The predicted molar refractivity (Wildman–Crippen MR) is 103 cm³/mol. The van der Waals surface area contributed by atoms with E-state index in [0.29, 0.717) is 17.0 Å². The molecule has 0 aliphatic rings. The average Bonchev–Trinajstić information content (AvgIpc) is 3.14. The summed E-state index contributed by atoms with van der Waals surface area (Å²) in [5, 5.41) is 3.90. The zero-order valence-electron chi connectivity index (χ0n) is 15.4. The highest BCUT2D eigenvalue weighted by Crippen LogP contribution is 2.35. The van der Waals surface area contributed by atoms with Crippen LogP contribution in [0.1, 0.15) is 12.6 Å². The molecule has 0 atom stereocenters. The van der Waals surface area contributed by atoms with Gasteiger partial charge >= 0.3 is 6.18 Å². The Morgan fingerprint density at radius 2 is 1.76 bits per heavy atom. The van der Waals surface area contributed by atoms with E-state index >= 15 is 0 Å². The number of alkyl halides is 3. The van der Waals surface area contributed by atoms with Gasteiger partial charge in [0.2, 0.25) is 0 Å². The zero-order chi connectivity index (χ0) is 21.4. The molecule has 0 fully saturated rings. The molecule has 154 valence electrons. The Morgan fingerprint density at radius 3 is 2.28 bits per heavy atom. The van der Waals surface area contributed by atoms with Crippen molar-refractivity contribution in [3.8, 4) is 22.7 Å². The molecule has 2 aromatic carbocycles. The fraction of sp³-hybridized carbons (Fsp3) is 0.211. The highest BCUT2D eigenvalue weighted by atomic mass is 35.5. The van der Waals surface area contributed by atoms with Crippen LogP contribution in [0.4, 0.5) is 13.2 Å². The number of nitrogens with zero attached hydrogens (tertiary/aromatic N) is 2. The van der Waals surface area contributed by atoms with Crippen LogP contribution in [-0.4, -0.2) is 31.1 Å². The van der Waals surface area contributed by atoms with Gasteiger partial charge in [-0.05, 0) is 36.4 Å². The molecule has 0 saturated carbocycles. The quantitative estimate of drug-likeness (QED) is 0.554. The molecule has 0 bridgehead atoms. The molecule has 0 aliphatic heterocycles. The lowest BCUT2D eigenvalue weighted by Crippen LogP contribution is -2.07. The van der Waals surface area contributed by atoms with Gasteiger partial charge in [0.15, 0.2) is 15.5 Å². The van der Waals surface area contributed by atoms with Crippen LogP contribution in [0.3, 0.4) is 0 Å². The second-order valence-electron chi connectivity index (χ2n) is 6.07. The fourth-order valence-corrected chi connectivity index (χ4v) is 3.84. The summed E-state index contributed by atoms with van der Waals surface area (Å²) in [5.41, 5.74) is -0.273. The summed E-state index contributed by atoms with van der Waals surface area (Å²) >= 11 is 6.11. The standard InChI is InChI=1S/C19H16ClF3N2O3S/c1-3-29(26,27)14-7-4-12(5-8-14)16-11-18(19(21,22)23)24-25(16)13-6-9-17(28-2)15(20)10-13/h4-11H,3H2,1-2H3. The summed E-state index contributed by atoms with van der Waals surface area (Å²) in [6, 6.07) is 11.0. The largest absolute Gasteiger partial charge is 0.495 e. The van der Waals surface area contributed by atoms with E-state index in [9.17, 15) is 21.6 Å². The van der Waals surface area contributed by atoms with Gasteiger partial charge in [0, 0.05) is 5.56 Å². The second-order valence-corrected chi connectivity index (χ2v) is 8.76. The van der Waals surface area contributed by atoms with Crippen molar-refractivity contribution in [2.75, 3.05) is 12.9 Å². The van der Waals surface area contributed by atoms with Gasteiger partial charge in [-0.3, -0.25) is 0 Å². The molecular weight excluding hydrogens is 429 g/mol. The molecule has 10 heteroatoms. The van der Waals surface area contributed by atoms with Crippen molar-refractivity contribution in [1.29, 1.82) is 0 Å². The molecule has 0 aliphatic carbocycles. The van der Waals surface area contributed by atoms with E-state index in [1.54, 1.807) is 0 Å². The van der Waals surface area contributed by atoms with E-state index in [1.165, 1.54) is 56.5 Å². The number of halogens is 4. The number of hydrogen-bond donors (Lipinski definition) is 0. The minimum Gasteiger partial charge on any atom is -0.495 e. The normalized spacial score (nSPS) is 12.2. The van der Waals surface area contributed by atoms with Crippen LogP contribution in [0.25, 0.3) is 16.9 Å². The monoisotopic (exact) mass is 444 g/mol. The lowest BCUT2D eigenvalue weighted by molar-refractivity contribution is -0.141. The van der Waals surface area contributed by atoms with Crippen molar-refractivity contribution in [3.05, 3.63) is 59.2 Å². The molecule has 0 unspecified atom stereocenters. The summed E-state index contributed by atoms with van der Waals surface area (Å²) < 4.78 is 70.0. The van der Waals surface area contributed by atoms with Crippen LogP contribution < -0.4 is 4.74 Å². The van der Waals surface area contributed by atoms with Crippen molar-refractivity contribution in [2.45, 2.75) is 18.0 Å². The number of hydrogen-bond acceptors (Lipinski definition) is 4. The van der Waals surface area contributed by atoms with Crippen molar-refractivity contribution < 1.29 is 26.3 Å². The van der Waals surface area contributed by atoms with Crippen LogP contribution in [0.2, 0.25) is 5.02 Å². The Hall–Kier alpha value is -2.52. The first-order chi connectivity index (χ1) is 13.6. The number of aromatic nitrogens is 2. The summed E-state index contributed by atoms with van der Waals surface area (Å²) in [4.78, 5) is 0.0957. The molecule has 29 heavy (non-hydrogen) atoms. The summed E-state index contributed by atoms with van der Waals surface area (Å²) in [6.45, 7) is 1.52. The molecule has 0 N–H and O–H groups in total. The van der Waals surface area contributed by atoms with Crippen molar-refractivity contribution in [3.63, 3.8) is 0 Å². The first kappa shape index (κ1) is 21.2. The Kier molecular flexibility index (Phi) is 5.64. The highest BCUT2D eigenvalue weighted by Gasteiger charge is 2.35. The minimum absolute atomic E-state index is 0.0765. The predicted octanol–water partition coefficient (Wildman–Crippen LogP) is 5.01. The fourth-order valence-electron chi connectivity index (χ4n) is 2.71. The van der Waals surface area contributed by atoms with Crippen molar-refractivity contribution in [1.82, 2.24) is 9.78 Å². The number of ether oxygens (including phenoxy) is 1. The topological polar surface area (TPSA) is 61.2 Å². The van der Waals surface area contributed by atoms with Crippen LogP contribution in [0, 0.1) is 0 Å². The van der Waals surface area contributed by atoms with Crippen LogP contribution in [-0.2, 0) is 16.0 Å². The van der Waals surface area contributed by atoms with Crippen LogP contribution in [0.15, 0.2) is 53.4 Å². The summed E-state index contributed by atoms with van der Waals surface area (Å²) in [6.07, 6.45) is -4.65. The number of sulfone groups is 1. The Bertz CT molecular complexity index is 1140. The SMILES string of the molecule is CCS(=O)(=O)c1ccc(-c2cc(C(F)(F)F)nn2-c2ccc(OC)c(Cl)c2)cc1. The maximum Gasteiger partial charge on any atom is 0.435 e. The molecule has 1 aromatic heterocycles.